The number of anilines is 2. The third-order valence-corrected chi connectivity index (χ3v) is 7.55. The van der Waals surface area contributed by atoms with Crippen LogP contribution in [-0.4, -0.2) is 11.8 Å². The van der Waals surface area contributed by atoms with E-state index in [-0.39, 0.29) is 16.9 Å². The first kappa shape index (κ1) is 23.5. The van der Waals surface area contributed by atoms with Gasteiger partial charge in [-0.2, -0.15) is 0 Å². The number of thiophene rings is 1. The Morgan fingerprint density at radius 1 is 1.06 bits per heavy atom. The van der Waals surface area contributed by atoms with Gasteiger partial charge in [-0.3, -0.25) is 9.59 Å². The van der Waals surface area contributed by atoms with E-state index in [0.29, 0.717) is 27.2 Å². The average Bonchev–Trinajstić information content (AvgIpc) is 3.10. The molecular formula is C26H26ClFN2O2S. The molecule has 2 aromatic carbocycles. The van der Waals surface area contributed by atoms with Gasteiger partial charge in [0.1, 0.15) is 10.8 Å². The number of halogens is 2. The van der Waals surface area contributed by atoms with Gasteiger partial charge in [0.15, 0.2) is 0 Å². The Hall–Kier alpha value is -2.70. The lowest BCUT2D eigenvalue weighted by molar-refractivity contribution is 0.102. The molecule has 7 heteroatoms. The smallest absolute Gasteiger partial charge is 0.259 e. The van der Waals surface area contributed by atoms with E-state index in [0.717, 1.165) is 29.7 Å². The lowest BCUT2D eigenvalue weighted by atomic mass is 9.72. The van der Waals surface area contributed by atoms with Crippen molar-refractivity contribution in [3.05, 3.63) is 80.9 Å². The number of nitrogens with one attached hydrogen (secondary N) is 2. The fraction of sp³-hybridized carbons (Fsp3) is 0.308. The molecule has 4 nitrogen and oxygen atoms in total. The van der Waals surface area contributed by atoms with Gasteiger partial charge in [-0.25, -0.2) is 4.39 Å². The number of benzene rings is 2. The van der Waals surface area contributed by atoms with Crippen LogP contribution in [0.5, 0.6) is 0 Å². The lowest BCUT2D eigenvalue weighted by Crippen LogP contribution is -2.27. The number of hydrogen-bond acceptors (Lipinski definition) is 3. The van der Waals surface area contributed by atoms with Gasteiger partial charge in [-0.1, -0.05) is 50.6 Å². The van der Waals surface area contributed by atoms with Crippen molar-refractivity contribution >= 4 is 45.4 Å². The second-order valence-corrected chi connectivity index (χ2v) is 11.0. The Morgan fingerprint density at radius 2 is 1.82 bits per heavy atom. The summed E-state index contributed by atoms with van der Waals surface area (Å²) < 4.78 is 14.2. The molecule has 1 aliphatic rings. The molecule has 2 amide bonds. The molecule has 0 aliphatic heterocycles. The summed E-state index contributed by atoms with van der Waals surface area (Å²) in [5.74, 6) is -1.01. The van der Waals surface area contributed by atoms with Crippen LogP contribution in [0.4, 0.5) is 15.1 Å². The van der Waals surface area contributed by atoms with Gasteiger partial charge < -0.3 is 10.6 Å². The van der Waals surface area contributed by atoms with Crippen LogP contribution < -0.4 is 10.6 Å². The fourth-order valence-corrected chi connectivity index (χ4v) is 5.74. The van der Waals surface area contributed by atoms with Crippen LogP contribution in [0, 0.1) is 17.2 Å². The van der Waals surface area contributed by atoms with Gasteiger partial charge in [0.2, 0.25) is 0 Å². The minimum absolute atomic E-state index is 0.0577. The normalized spacial score (nSPS) is 15.6. The van der Waals surface area contributed by atoms with Crippen molar-refractivity contribution in [2.45, 2.75) is 40.0 Å². The van der Waals surface area contributed by atoms with E-state index in [9.17, 15) is 14.0 Å². The van der Waals surface area contributed by atoms with Crippen molar-refractivity contribution in [2.24, 2.45) is 11.3 Å². The highest BCUT2D eigenvalue weighted by Gasteiger charge is 2.34. The van der Waals surface area contributed by atoms with Gasteiger partial charge in [-0.15, -0.1) is 11.3 Å². The SMILES string of the molecule is CC(C)(C)C1CCc2c(sc(NC(=O)c3ccccc3F)c2C(=O)Nc2cccc(Cl)c2)C1. The van der Waals surface area contributed by atoms with Gasteiger partial charge in [0.05, 0.1) is 11.1 Å². The molecule has 0 saturated carbocycles. The molecule has 0 radical (unpaired) electrons. The van der Waals surface area contributed by atoms with E-state index in [1.165, 1.54) is 29.5 Å². The van der Waals surface area contributed by atoms with Crippen molar-refractivity contribution in [3.8, 4) is 0 Å². The van der Waals surface area contributed by atoms with Crippen LogP contribution in [0.1, 0.15) is 58.3 Å². The summed E-state index contributed by atoms with van der Waals surface area (Å²) in [7, 11) is 0. The van der Waals surface area contributed by atoms with E-state index < -0.39 is 11.7 Å². The van der Waals surface area contributed by atoms with E-state index in [2.05, 4.69) is 31.4 Å². The van der Waals surface area contributed by atoms with Gasteiger partial charge >= 0.3 is 0 Å². The highest BCUT2D eigenvalue weighted by Crippen LogP contribution is 2.44. The molecule has 1 unspecified atom stereocenters. The number of carbonyl (C=O) groups is 2. The van der Waals surface area contributed by atoms with Crippen LogP contribution in [0.2, 0.25) is 5.02 Å². The van der Waals surface area contributed by atoms with Crippen LogP contribution in [-0.2, 0) is 12.8 Å². The van der Waals surface area contributed by atoms with E-state index in [1.807, 2.05) is 0 Å². The first-order valence-corrected chi connectivity index (χ1v) is 12.1. The van der Waals surface area contributed by atoms with Crippen molar-refractivity contribution < 1.29 is 14.0 Å². The molecule has 172 valence electrons. The van der Waals surface area contributed by atoms with Crippen LogP contribution in [0.15, 0.2) is 48.5 Å². The quantitative estimate of drug-likeness (QED) is 0.411. The predicted octanol–water partition coefficient (Wildman–Crippen LogP) is 7.20. The molecule has 1 heterocycles. The molecule has 4 rings (SSSR count). The second kappa shape index (κ2) is 9.27. The topological polar surface area (TPSA) is 58.2 Å². The first-order valence-electron chi connectivity index (χ1n) is 10.9. The standard InChI is InChI=1S/C26H26ClFN2O2S/c1-26(2,3)15-11-12-19-21(13-15)33-25(30-23(31)18-9-4-5-10-20(18)28)22(19)24(32)29-17-8-6-7-16(27)14-17/h4-10,14-15H,11-13H2,1-3H3,(H,29,32)(H,30,31). The van der Waals surface area contributed by atoms with Gasteiger partial charge in [-0.05, 0) is 66.5 Å². The Bertz CT molecular complexity index is 1220. The van der Waals surface area contributed by atoms with Crippen molar-refractivity contribution in [1.29, 1.82) is 0 Å². The fourth-order valence-electron chi connectivity index (χ4n) is 4.23. The van der Waals surface area contributed by atoms with E-state index in [4.69, 9.17) is 11.6 Å². The van der Waals surface area contributed by atoms with E-state index in [1.54, 1.807) is 30.3 Å². The number of hydrogen-bond donors (Lipinski definition) is 2. The maximum atomic E-state index is 14.2. The molecule has 33 heavy (non-hydrogen) atoms. The Balaban J connectivity index is 1.70. The van der Waals surface area contributed by atoms with Crippen LogP contribution in [0.25, 0.3) is 0 Å². The molecule has 1 aromatic heterocycles. The van der Waals surface area contributed by atoms with E-state index >= 15 is 0 Å². The highest BCUT2D eigenvalue weighted by molar-refractivity contribution is 7.17. The Morgan fingerprint density at radius 3 is 2.52 bits per heavy atom. The average molecular weight is 485 g/mol. The maximum absolute atomic E-state index is 14.2. The van der Waals surface area contributed by atoms with Gasteiger partial charge in [0.25, 0.3) is 11.8 Å². The zero-order valence-electron chi connectivity index (χ0n) is 18.8. The Labute approximate surface area is 202 Å². The lowest BCUT2D eigenvalue weighted by Gasteiger charge is -2.33. The summed E-state index contributed by atoms with van der Waals surface area (Å²) in [6.07, 6.45) is 2.56. The van der Waals surface area contributed by atoms with Crippen molar-refractivity contribution in [3.63, 3.8) is 0 Å². The molecule has 2 N–H and O–H groups in total. The zero-order chi connectivity index (χ0) is 23.8. The number of carbonyl (C=O) groups excluding carboxylic acids is 2. The van der Waals surface area contributed by atoms with Crippen LogP contribution >= 0.6 is 22.9 Å². The first-order chi connectivity index (χ1) is 15.6. The molecular weight excluding hydrogens is 459 g/mol. The van der Waals surface area contributed by atoms with Gasteiger partial charge in [0, 0.05) is 15.6 Å². The summed E-state index contributed by atoms with van der Waals surface area (Å²) in [6, 6.07) is 12.7. The maximum Gasteiger partial charge on any atom is 0.259 e. The van der Waals surface area contributed by atoms with Crippen LogP contribution in [0.3, 0.4) is 0 Å². The molecule has 0 fully saturated rings. The minimum atomic E-state index is -0.603. The van der Waals surface area contributed by atoms with Crippen molar-refractivity contribution in [2.75, 3.05) is 10.6 Å². The molecule has 0 spiro atoms. The minimum Gasteiger partial charge on any atom is -0.322 e. The molecule has 1 aliphatic carbocycles. The largest absolute Gasteiger partial charge is 0.322 e. The van der Waals surface area contributed by atoms with Crippen molar-refractivity contribution in [1.82, 2.24) is 0 Å². The predicted molar refractivity (Wildman–Crippen MR) is 133 cm³/mol. The molecule has 1 atom stereocenters. The third kappa shape index (κ3) is 5.12. The summed E-state index contributed by atoms with van der Waals surface area (Å²) in [5.41, 5.74) is 2.07. The Kier molecular flexibility index (Phi) is 6.59. The zero-order valence-corrected chi connectivity index (χ0v) is 20.4. The number of amides is 2. The monoisotopic (exact) mass is 484 g/mol. The molecule has 0 bridgehead atoms. The number of rotatable bonds is 4. The number of fused-ring (bicyclic) bond motifs is 1. The summed E-state index contributed by atoms with van der Waals surface area (Å²) in [5, 5.41) is 6.67. The third-order valence-electron chi connectivity index (χ3n) is 6.15. The molecule has 0 saturated heterocycles. The highest BCUT2D eigenvalue weighted by atomic mass is 35.5. The summed E-state index contributed by atoms with van der Waals surface area (Å²) in [6.45, 7) is 6.68. The summed E-state index contributed by atoms with van der Waals surface area (Å²) >= 11 is 7.48. The second-order valence-electron chi connectivity index (χ2n) is 9.41. The summed E-state index contributed by atoms with van der Waals surface area (Å²) in [4.78, 5) is 27.3. The molecule has 3 aromatic rings.